The fourth-order valence-corrected chi connectivity index (χ4v) is 4.26. The Kier molecular flexibility index (Phi) is 5.51. The zero-order valence-corrected chi connectivity index (χ0v) is 11.5. The van der Waals surface area contributed by atoms with E-state index in [4.69, 9.17) is 0 Å². The maximum atomic E-state index is 3.93. The van der Waals surface area contributed by atoms with E-state index in [0.717, 1.165) is 18.0 Å². The van der Waals surface area contributed by atoms with Crippen molar-refractivity contribution in [2.75, 3.05) is 11.5 Å². The zero-order valence-electron chi connectivity index (χ0n) is 10.7. The summed E-state index contributed by atoms with van der Waals surface area (Å²) in [4.78, 5) is 0. The number of rotatable bonds is 3. The highest BCUT2D eigenvalue weighted by molar-refractivity contribution is 7.99. The molecule has 16 heavy (non-hydrogen) atoms. The first-order valence-electron chi connectivity index (χ1n) is 7.22. The van der Waals surface area contributed by atoms with Crippen LogP contribution in [-0.4, -0.2) is 23.6 Å². The summed E-state index contributed by atoms with van der Waals surface area (Å²) in [6, 6.07) is 1.68. The molecule has 2 atom stereocenters. The topological polar surface area (TPSA) is 12.0 Å². The summed E-state index contributed by atoms with van der Waals surface area (Å²) in [6.07, 6.45) is 11.5. The van der Waals surface area contributed by atoms with Crippen LogP contribution in [0.15, 0.2) is 0 Å². The van der Waals surface area contributed by atoms with Crippen LogP contribution in [0.1, 0.15) is 58.3 Å². The third kappa shape index (κ3) is 3.96. The van der Waals surface area contributed by atoms with Crippen molar-refractivity contribution in [3.05, 3.63) is 0 Å². The molecule has 0 radical (unpaired) electrons. The van der Waals surface area contributed by atoms with Crippen molar-refractivity contribution in [2.45, 2.75) is 70.4 Å². The van der Waals surface area contributed by atoms with Gasteiger partial charge in [-0.15, -0.1) is 0 Å². The first-order valence-corrected chi connectivity index (χ1v) is 8.37. The van der Waals surface area contributed by atoms with Crippen LogP contribution in [0.2, 0.25) is 0 Å². The van der Waals surface area contributed by atoms with Gasteiger partial charge in [0.05, 0.1) is 0 Å². The van der Waals surface area contributed by atoms with Crippen LogP contribution in [0.5, 0.6) is 0 Å². The lowest BCUT2D eigenvalue weighted by Gasteiger charge is -2.27. The molecule has 2 aliphatic rings. The summed E-state index contributed by atoms with van der Waals surface area (Å²) in [5, 5.41) is 3.93. The van der Waals surface area contributed by atoms with Crippen LogP contribution in [0, 0.1) is 5.92 Å². The Morgan fingerprint density at radius 3 is 2.44 bits per heavy atom. The van der Waals surface area contributed by atoms with Gasteiger partial charge >= 0.3 is 0 Å². The second-order valence-electron chi connectivity index (χ2n) is 5.53. The predicted octanol–water partition coefficient (Wildman–Crippen LogP) is 3.83. The van der Waals surface area contributed by atoms with Gasteiger partial charge < -0.3 is 5.32 Å². The maximum absolute atomic E-state index is 3.93. The second-order valence-corrected chi connectivity index (χ2v) is 6.76. The molecule has 2 fully saturated rings. The smallest absolute Gasteiger partial charge is 0.00853 e. The molecule has 0 spiro atoms. The van der Waals surface area contributed by atoms with E-state index in [2.05, 4.69) is 24.0 Å². The number of nitrogens with one attached hydrogen (secondary N) is 1. The molecular weight excluding hydrogens is 214 g/mol. The van der Waals surface area contributed by atoms with E-state index in [1.165, 1.54) is 62.9 Å². The molecule has 1 saturated heterocycles. The fraction of sp³-hybridized carbons (Fsp3) is 1.00. The highest BCUT2D eigenvalue weighted by Crippen LogP contribution is 2.26. The molecule has 0 aromatic heterocycles. The van der Waals surface area contributed by atoms with Crippen molar-refractivity contribution in [3.8, 4) is 0 Å². The van der Waals surface area contributed by atoms with Crippen LogP contribution in [0.25, 0.3) is 0 Å². The van der Waals surface area contributed by atoms with Gasteiger partial charge in [0.15, 0.2) is 0 Å². The molecule has 0 aromatic rings. The lowest BCUT2D eigenvalue weighted by molar-refractivity contribution is 0.370. The molecule has 2 rings (SSSR count). The van der Waals surface area contributed by atoms with Crippen LogP contribution in [-0.2, 0) is 0 Å². The van der Waals surface area contributed by atoms with Gasteiger partial charge in [-0.3, -0.25) is 0 Å². The van der Waals surface area contributed by atoms with E-state index in [1.807, 2.05) is 0 Å². The molecule has 1 nitrogen and oxygen atoms in total. The van der Waals surface area contributed by atoms with Crippen molar-refractivity contribution in [2.24, 2.45) is 5.92 Å². The minimum atomic E-state index is 0.837. The Hall–Kier alpha value is 0.310. The van der Waals surface area contributed by atoms with Crippen molar-refractivity contribution >= 4 is 11.8 Å². The molecule has 0 bridgehead atoms. The predicted molar refractivity (Wildman–Crippen MR) is 74.1 cm³/mol. The Bertz CT molecular complexity index is 189. The van der Waals surface area contributed by atoms with Crippen LogP contribution in [0.3, 0.4) is 0 Å². The zero-order chi connectivity index (χ0) is 11.2. The van der Waals surface area contributed by atoms with Crippen molar-refractivity contribution in [1.29, 1.82) is 0 Å². The first-order chi connectivity index (χ1) is 7.88. The molecule has 0 aromatic carbocycles. The molecule has 94 valence electrons. The van der Waals surface area contributed by atoms with Crippen LogP contribution < -0.4 is 5.32 Å². The maximum Gasteiger partial charge on any atom is 0.00853 e. The van der Waals surface area contributed by atoms with Gasteiger partial charge in [-0.05, 0) is 49.5 Å². The minimum Gasteiger partial charge on any atom is -0.311 e. The summed E-state index contributed by atoms with van der Waals surface area (Å²) in [7, 11) is 0. The average Bonchev–Trinajstić information content (AvgIpc) is 2.56. The van der Waals surface area contributed by atoms with Crippen molar-refractivity contribution in [1.82, 2.24) is 5.32 Å². The van der Waals surface area contributed by atoms with Gasteiger partial charge in [0, 0.05) is 12.1 Å². The third-order valence-electron chi connectivity index (χ3n) is 4.36. The standard InChI is InChI=1S/C14H27NS/c1-2-12-4-3-5-13(7-6-12)15-14-8-10-16-11-9-14/h12-15H,2-11H2,1H3. The van der Waals surface area contributed by atoms with E-state index in [-0.39, 0.29) is 0 Å². The quantitative estimate of drug-likeness (QED) is 0.754. The number of hydrogen-bond acceptors (Lipinski definition) is 2. The Morgan fingerprint density at radius 1 is 0.938 bits per heavy atom. The monoisotopic (exact) mass is 241 g/mol. The largest absolute Gasteiger partial charge is 0.311 e. The van der Waals surface area contributed by atoms with E-state index < -0.39 is 0 Å². The summed E-state index contributed by atoms with van der Waals surface area (Å²) < 4.78 is 0. The third-order valence-corrected chi connectivity index (χ3v) is 5.41. The van der Waals surface area contributed by atoms with E-state index >= 15 is 0 Å². The van der Waals surface area contributed by atoms with E-state index in [9.17, 15) is 0 Å². The molecule has 2 heteroatoms. The normalized spacial score (nSPS) is 33.6. The minimum absolute atomic E-state index is 0.837. The van der Waals surface area contributed by atoms with Crippen LogP contribution >= 0.6 is 11.8 Å². The Morgan fingerprint density at radius 2 is 1.69 bits per heavy atom. The molecule has 1 N–H and O–H groups in total. The summed E-state index contributed by atoms with van der Waals surface area (Å²) in [6.45, 7) is 2.36. The van der Waals surface area contributed by atoms with Gasteiger partial charge in [0.1, 0.15) is 0 Å². The SMILES string of the molecule is CCC1CCCC(NC2CCSCC2)CC1. The molecule has 1 saturated carbocycles. The molecule has 2 unspecified atom stereocenters. The fourth-order valence-electron chi connectivity index (χ4n) is 3.15. The highest BCUT2D eigenvalue weighted by atomic mass is 32.2. The second kappa shape index (κ2) is 6.90. The van der Waals surface area contributed by atoms with Gasteiger partial charge in [-0.2, -0.15) is 11.8 Å². The molecule has 1 heterocycles. The van der Waals surface area contributed by atoms with Crippen molar-refractivity contribution < 1.29 is 0 Å². The number of hydrogen-bond donors (Lipinski definition) is 1. The van der Waals surface area contributed by atoms with Gasteiger partial charge in [-0.25, -0.2) is 0 Å². The van der Waals surface area contributed by atoms with Crippen LogP contribution in [0.4, 0.5) is 0 Å². The Labute approximate surface area is 105 Å². The first kappa shape index (κ1) is 12.8. The van der Waals surface area contributed by atoms with E-state index in [0.29, 0.717) is 0 Å². The van der Waals surface area contributed by atoms with Crippen molar-refractivity contribution in [3.63, 3.8) is 0 Å². The highest BCUT2D eigenvalue weighted by Gasteiger charge is 2.21. The molecule has 1 aliphatic carbocycles. The molecule has 0 amide bonds. The summed E-state index contributed by atoms with van der Waals surface area (Å²) in [5.74, 6) is 3.78. The molecular formula is C14H27NS. The Balaban J connectivity index is 1.72. The summed E-state index contributed by atoms with van der Waals surface area (Å²) >= 11 is 2.13. The summed E-state index contributed by atoms with van der Waals surface area (Å²) in [5.41, 5.74) is 0. The molecule has 1 aliphatic heterocycles. The lowest BCUT2D eigenvalue weighted by Crippen LogP contribution is -2.40. The van der Waals surface area contributed by atoms with Gasteiger partial charge in [0.2, 0.25) is 0 Å². The van der Waals surface area contributed by atoms with Gasteiger partial charge in [0.25, 0.3) is 0 Å². The lowest BCUT2D eigenvalue weighted by atomic mass is 9.97. The number of thioether (sulfide) groups is 1. The average molecular weight is 241 g/mol. The van der Waals surface area contributed by atoms with E-state index in [1.54, 1.807) is 0 Å². The van der Waals surface area contributed by atoms with Gasteiger partial charge in [-0.1, -0.05) is 26.2 Å².